The van der Waals surface area contributed by atoms with Crippen molar-refractivity contribution in [3.63, 3.8) is 0 Å². The molecule has 3 aromatic rings. The van der Waals surface area contributed by atoms with Crippen LogP contribution in [0.25, 0.3) is 10.9 Å². The molecule has 1 atom stereocenters. The lowest BCUT2D eigenvalue weighted by molar-refractivity contribution is -0.115. The minimum Gasteiger partial charge on any atom is -0.462 e. The van der Waals surface area contributed by atoms with Gasteiger partial charge in [0.15, 0.2) is 0 Å². The van der Waals surface area contributed by atoms with Gasteiger partial charge in [-0.2, -0.15) is 0 Å². The molecule has 1 amide bonds. The van der Waals surface area contributed by atoms with E-state index in [4.69, 9.17) is 4.74 Å². The number of carbonyl (C=O) groups is 2. The number of thioether (sulfide) groups is 1. The Morgan fingerprint density at radius 1 is 1.19 bits per heavy atom. The first-order chi connectivity index (χ1) is 15.5. The Labute approximate surface area is 197 Å². The highest BCUT2D eigenvalue weighted by Crippen LogP contribution is 2.39. The van der Waals surface area contributed by atoms with Crippen LogP contribution in [0.15, 0.2) is 35.4 Å². The molecule has 4 rings (SSSR count). The maximum atomic E-state index is 13.2. The summed E-state index contributed by atoms with van der Waals surface area (Å²) >= 11 is 3.10. The van der Waals surface area contributed by atoms with Crippen LogP contribution in [0.5, 0.6) is 0 Å². The molecule has 0 fully saturated rings. The number of amides is 1. The fourth-order valence-corrected chi connectivity index (χ4v) is 6.59. The third-order valence-electron chi connectivity index (χ3n) is 5.90. The van der Waals surface area contributed by atoms with Gasteiger partial charge in [-0.15, -0.1) is 23.1 Å². The van der Waals surface area contributed by atoms with Crippen molar-refractivity contribution in [1.82, 2.24) is 4.57 Å². The number of ether oxygens (including phenoxy) is 1. The zero-order chi connectivity index (χ0) is 22.7. The summed E-state index contributed by atoms with van der Waals surface area (Å²) in [5.74, 6) is -0.418. The average molecular weight is 471 g/mol. The number of thiophene rings is 1. The minimum atomic E-state index is -0.325. The van der Waals surface area contributed by atoms with Gasteiger partial charge in [0.2, 0.25) is 5.91 Å². The van der Waals surface area contributed by atoms with Gasteiger partial charge in [0.1, 0.15) is 5.00 Å². The van der Waals surface area contributed by atoms with Crippen molar-refractivity contribution in [2.45, 2.75) is 69.6 Å². The summed E-state index contributed by atoms with van der Waals surface area (Å²) in [5, 5.41) is 4.57. The van der Waals surface area contributed by atoms with Crippen LogP contribution in [0.1, 0.15) is 60.8 Å². The monoisotopic (exact) mass is 470 g/mol. The van der Waals surface area contributed by atoms with Crippen molar-refractivity contribution < 1.29 is 14.3 Å². The molecule has 2 aromatic heterocycles. The zero-order valence-electron chi connectivity index (χ0n) is 18.9. The number of aryl methyl sites for hydroxylation is 2. The maximum absolute atomic E-state index is 13.2. The molecule has 0 spiro atoms. The van der Waals surface area contributed by atoms with Crippen LogP contribution in [0, 0.1) is 0 Å². The maximum Gasteiger partial charge on any atom is 0.341 e. The average Bonchev–Trinajstić information content (AvgIpc) is 3.22. The predicted molar refractivity (Wildman–Crippen MR) is 133 cm³/mol. The van der Waals surface area contributed by atoms with Crippen LogP contribution >= 0.6 is 23.1 Å². The Hall–Kier alpha value is -2.25. The number of para-hydroxylation sites is 1. The zero-order valence-corrected chi connectivity index (χ0v) is 20.5. The molecule has 5 nitrogen and oxygen atoms in total. The van der Waals surface area contributed by atoms with E-state index < -0.39 is 0 Å². The number of nitrogens with zero attached hydrogens (tertiary/aromatic N) is 1. The first-order valence-corrected chi connectivity index (χ1v) is 13.1. The highest BCUT2D eigenvalue weighted by Gasteiger charge is 2.28. The molecule has 2 heterocycles. The van der Waals surface area contributed by atoms with Crippen molar-refractivity contribution in [2.75, 3.05) is 11.9 Å². The van der Waals surface area contributed by atoms with Crippen LogP contribution in [-0.4, -0.2) is 28.3 Å². The number of hydrogen-bond acceptors (Lipinski definition) is 5. The fourth-order valence-electron chi connectivity index (χ4n) is 4.28. The molecule has 1 aromatic carbocycles. The normalized spacial score (nSPS) is 14.6. The summed E-state index contributed by atoms with van der Waals surface area (Å²) in [6, 6.07) is 8.28. The molecular formula is C25H30N2O3S2. The van der Waals surface area contributed by atoms with E-state index in [0.717, 1.165) is 48.1 Å². The van der Waals surface area contributed by atoms with E-state index in [-0.39, 0.29) is 17.1 Å². The van der Waals surface area contributed by atoms with Crippen LogP contribution in [-0.2, 0) is 28.9 Å². The van der Waals surface area contributed by atoms with Gasteiger partial charge in [0.25, 0.3) is 0 Å². The number of carbonyl (C=O) groups excluding carboxylic acids is 2. The molecule has 0 unspecified atom stereocenters. The van der Waals surface area contributed by atoms with E-state index in [2.05, 4.69) is 35.1 Å². The fraction of sp³-hybridized carbons (Fsp3) is 0.440. The summed E-state index contributed by atoms with van der Waals surface area (Å²) in [4.78, 5) is 28.2. The number of fused-ring (bicyclic) bond motifs is 2. The predicted octanol–water partition coefficient (Wildman–Crippen LogP) is 6.29. The Kier molecular flexibility index (Phi) is 7.26. The first kappa shape index (κ1) is 22.9. The van der Waals surface area contributed by atoms with E-state index >= 15 is 0 Å². The lowest BCUT2D eigenvalue weighted by atomic mass is 10.1. The highest BCUT2D eigenvalue weighted by molar-refractivity contribution is 8.00. The second-order valence-electron chi connectivity index (χ2n) is 8.03. The second kappa shape index (κ2) is 10.1. The molecule has 0 radical (unpaired) electrons. The largest absolute Gasteiger partial charge is 0.462 e. The van der Waals surface area contributed by atoms with Gasteiger partial charge < -0.3 is 14.6 Å². The van der Waals surface area contributed by atoms with Gasteiger partial charge in [-0.3, -0.25) is 4.79 Å². The van der Waals surface area contributed by atoms with Crippen molar-refractivity contribution in [3.8, 4) is 0 Å². The van der Waals surface area contributed by atoms with Crippen LogP contribution in [0.4, 0.5) is 5.00 Å². The van der Waals surface area contributed by atoms with Gasteiger partial charge in [0, 0.05) is 33.4 Å². The summed E-state index contributed by atoms with van der Waals surface area (Å²) in [5.41, 5.74) is 2.83. The third kappa shape index (κ3) is 4.59. The van der Waals surface area contributed by atoms with E-state index in [9.17, 15) is 9.59 Å². The van der Waals surface area contributed by atoms with Gasteiger partial charge in [0.05, 0.1) is 17.4 Å². The van der Waals surface area contributed by atoms with Crippen molar-refractivity contribution in [3.05, 3.63) is 46.5 Å². The Balaban J connectivity index is 1.57. The molecular weight excluding hydrogens is 440 g/mol. The summed E-state index contributed by atoms with van der Waals surface area (Å²) in [6.45, 7) is 7.05. The highest BCUT2D eigenvalue weighted by atomic mass is 32.2. The van der Waals surface area contributed by atoms with Gasteiger partial charge >= 0.3 is 5.97 Å². The second-order valence-corrected chi connectivity index (χ2v) is 10.5. The number of aromatic nitrogens is 1. The minimum absolute atomic E-state index is 0.0923. The molecule has 0 saturated heterocycles. The molecule has 0 saturated carbocycles. The molecule has 1 aliphatic carbocycles. The summed E-state index contributed by atoms with van der Waals surface area (Å²) in [6.07, 6.45) is 7.31. The van der Waals surface area contributed by atoms with Crippen molar-refractivity contribution >= 4 is 50.9 Å². The first-order valence-electron chi connectivity index (χ1n) is 11.4. The number of nitrogens with one attached hydrogen (secondary N) is 1. The van der Waals surface area contributed by atoms with Crippen molar-refractivity contribution in [1.29, 1.82) is 0 Å². The third-order valence-corrected chi connectivity index (χ3v) is 8.26. The quantitative estimate of drug-likeness (QED) is 0.250. The number of rotatable bonds is 7. The number of benzene rings is 1. The smallest absolute Gasteiger partial charge is 0.341 e. The van der Waals surface area contributed by atoms with Crippen LogP contribution < -0.4 is 5.32 Å². The molecule has 170 valence electrons. The molecule has 32 heavy (non-hydrogen) atoms. The van der Waals surface area contributed by atoms with Gasteiger partial charge in [-0.1, -0.05) is 24.6 Å². The summed E-state index contributed by atoms with van der Waals surface area (Å²) in [7, 11) is 0. The number of anilines is 1. The Morgan fingerprint density at radius 3 is 2.75 bits per heavy atom. The summed E-state index contributed by atoms with van der Waals surface area (Å²) < 4.78 is 7.55. The lowest BCUT2D eigenvalue weighted by Gasteiger charge is -2.12. The van der Waals surface area contributed by atoms with E-state index in [1.165, 1.54) is 16.8 Å². The van der Waals surface area contributed by atoms with Crippen LogP contribution in [0.3, 0.4) is 0 Å². The van der Waals surface area contributed by atoms with Crippen molar-refractivity contribution in [2.24, 2.45) is 0 Å². The topological polar surface area (TPSA) is 60.3 Å². The molecule has 1 aliphatic rings. The van der Waals surface area contributed by atoms with E-state index in [1.54, 1.807) is 23.1 Å². The SMILES string of the molecule is CCOC(=O)c1c(NC(=O)[C@H](C)Sc2cn(CC)c3ccccc23)sc2c1CCCCC2. The van der Waals surface area contributed by atoms with E-state index in [0.29, 0.717) is 17.2 Å². The van der Waals surface area contributed by atoms with Gasteiger partial charge in [-0.05, 0) is 58.1 Å². The van der Waals surface area contributed by atoms with E-state index in [1.807, 2.05) is 26.0 Å². The Morgan fingerprint density at radius 2 is 1.97 bits per heavy atom. The number of esters is 1. The molecule has 1 N–H and O–H groups in total. The Bertz CT molecular complexity index is 1130. The molecule has 0 aliphatic heterocycles. The molecule has 7 heteroatoms. The lowest BCUT2D eigenvalue weighted by Crippen LogP contribution is -2.23. The molecule has 0 bridgehead atoms. The van der Waals surface area contributed by atoms with Gasteiger partial charge in [-0.25, -0.2) is 4.79 Å². The van der Waals surface area contributed by atoms with Crippen LogP contribution in [0.2, 0.25) is 0 Å². The standard InChI is InChI=1S/C25H30N2O3S2/c1-4-27-15-21(17-11-9-10-13-19(17)27)31-16(3)23(28)26-24-22(25(29)30-5-2)18-12-7-6-8-14-20(18)32-24/h9-11,13,15-16H,4-8,12,14H2,1-3H3,(H,26,28)/t16-/m0/s1. The number of hydrogen-bond donors (Lipinski definition) is 1.